The first kappa shape index (κ1) is 12.8. The summed E-state index contributed by atoms with van der Waals surface area (Å²) in [4.78, 5) is 15.8. The minimum absolute atomic E-state index is 0.216. The van der Waals surface area contributed by atoms with E-state index in [1.807, 2.05) is 19.0 Å². The Morgan fingerprint density at radius 3 is 2.76 bits per heavy atom. The number of likely N-dealkylation sites (N-methyl/N-ethyl adjacent to an activating group) is 2. The molecule has 2 fully saturated rings. The fourth-order valence-electron chi connectivity index (χ4n) is 2.16. The van der Waals surface area contributed by atoms with Crippen LogP contribution >= 0.6 is 0 Å². The van der Waals surface area contributed by atoms with Gasteiger partial charge in [0.1, 0.15) is 0 Å². The van der Waals surface area contributed by atoms with Gasteiger partial charge in [0, 0.05) is 32.7 Å². The van der Waals surface area contributed by atoms with Gasteiger partial charge in [-0.05, 0) is 19.9 Å². The molecule has 0 spiro atoms. The van der Waals surface area contributed by atoms with Crippen LogP contribution in [0.4, 0.5) is 0 Å². The van der Waals surface area contributed by atoms with Crippen molar-refractivity contribution in [3.63, 3.8) is 0 Å². The second-order valence-corrected chi connectivity index (χ2v) is 5.13. The normalized spacial score (nSPS) is 25.0. The number of nitrogens with one attached hydrogen (secondary N) is 1. The number of amides is 1. The lowest BCUT2D eigenvalue weighted by molar-refractivity contribution is -0.131. The number of ether oxygens (including phenoxy) is 1. The molecule has 17 heavy (non-hydrogen) atoms. The van der Waals surface area contributed by atoms with Gasteiger partial charge in [-0.2, -0.15) is 0 Å². The molecule has 1 saturated heterocycles. The Bertz CT molecular complexity index is 262. The Morgan fingerprint density at radius 2 is 2.18 bits per heavy atom. The average molecular weight is 241 g/mol. The van der Waals surface area contributed by atoms with E-state index in [0.29, 0.717) is 12.6 Å². The van der Waals surface area contributed by atoms with Crippen LogP contribution in [0, 0.1) is 0 Å². The van der Waals surface area contributed by atoms with Gasteiger partial charge in [0.2, 0.25) is 5.91 Å². The second-order valence-electron chi connectivity index (χ2n) is 5.13. The Labute approximate surface area is 103 Å². The highest BCUT2D eigenvalue weighted by Gasteiger charge is 2.30. The number of morpholine rings is 1. The predicted molar refractivity (Wildman–Crippen MR) is 65.9 cm³/mol. The molecule has 1 aliphatic carbocycles. The molecule has 1 unspecified atom stereocenters. The molecule has 0 bridgehead atoms. The molecule has 98 valence electrons. The average Bonchev–Trinajstić information content (AvgIpc) is 3.13. The molecule has 1 saturated carbocycles. The molecule has 0 aromatic heterocycles. The van der Waals surface area contributed by atoms with Crippen LogP contribution < -0.4 is 5.32 Å². The number of carbonyl (C=O) groups is 1. The molecule has 1 atom stereocenters. The van der Waals surface area contributed by atoms with Gasteiger partial charge in [0.15, 0.2) is 0 Å². The van der Waals surface area contributed by atoms with E-state index < -0.39 is 0 Å². The third-order valence-corrected chi connectivity index (χ3v) is 3.41. The van der Waals surface area contributed by atoms with E-state index in [1.54, 1.807) is 0 Å². The topological polar surface area (TPSA) is 44.8 Å². The fourth-order valence-corrected chi connectivity index (χ4v) is 2.16. The third kappa shape index (κ3) is 3.94. The SMILES string of the molecule is CN(CC(=O)N(C)C1CC1)CC1CNCCO1. The van der Waals surface area contributed by atoms with Gasteiger partial charge < -0.3 is 15.0 Å². The van der Waals surface area contributed by atoms with Crippen molar-refractivity contribution in [2.24, 2.45) is 0 Å². The van der Waals surface area contributed by atoms with Gasteiger partial charge in [-0.1, -0.05) is 0 Å². The van der Waals surface area contributed by atoms with Crippen LogP contribution in [-0.4, -0.2) is 74.7 Å². The van der Waals surface area contributed by atoms with Gasteiger partial charge in [0.05, 0.1) is 19.3 Å². The number of carbonyl (C=O) groups excluding carboxylic acids is 1. The molecule has 1 heterocycles. The van der Waals surface area contributed by atoms with E-state index in [-0.39, 0.29) is 12.0 Å². The summed E-state index contributed by atoms with van der Waals surface area (Å²) in [5.41, 5.74) is 0. The number of hydrogen-bond acceptors (Lipinski definition) is 4. The summed E-state index contributed by atoms with van der Waals surface area (Å²) in [7, 11) is 3.89. The summed E-state index contributed by atoms with van der Waals surface area (Å²) < 4.78 is 5.62. The summed E-state index contributed by atoms with van der Waals surface area (Å²) in [6.45, 7) is 3.90. The lowest BCUT2D eigenvalue weighted by Gasteiger charge is -2.28. The molecule has 1 aliphatic heterocycles. The first-order valence-electron chi connectivity index (χ1n) is 6.43. The van der Waals surface area contributed by atoms with Crippen LogP contribution in [0.3, 0.4) is 0 Å². The molecule has 5 heteroatoms. The van der Waals surface area contributed by atoms with E-state index in [2.05, 4.69) is 10.2 Å². The van der Waals surface area contributed by atoms with Crippen LogP contribution in [0.5, 0.6) is 0 Å². The minimum Gasteiger partial charge on any atom is -0.374 e. The fraction of sp³-hybridized carbons (Fsp3) is 0.917. The highest BCUT2D eigenvalue weighted by atomic mass is 16.5. The third-order valence-electron chi connectivity index (χ3n) is 3.41. The van der Waals surface area contributed by atoms with Crippen molar-refractivity contribution in [1.29, 1.82) is 0 Å². The molecule has 1 amide bonds. The van der Waals surface area contributed by atoms with Crippen molar-refractivity contribution in [3.05, 3.63) is 0 Å². The largest absolute Gasteiger partial charge is 0.374 e. The summed E-state index contributed by atoms with van der Waals surface area (Å²) in [6.07, 6.45) is 2.55. The standard InChI is InChI=1S/C12H23N3O2/c1-14(8-11-7-13-5-6-17-11)9-12(16)15(2)10-3-4-10/h10-11,13H,3-9H2,1-2H3. The minimum atomic E-state index is 0.216. The first-order chi connectivity index (χ1) is 8.16. The lowest BCUT2D eigenvalue weighted by atomic mass is 10.3. The van der Waals surface area contributed by atoms with E-state index in [0.717, 1.165) is 26.2 Å². The quantitative estimate of drug-likeness (QED) is 0.706. The number of hydrogen-bond donors (Lipinski definition) is 1. The Hall–Kier alpha value is -0.650. The van der Waals surface area contributed by atoms with Crippen LogP contribution in [0.1, 0.15) is 12.8 Å². The zero-order valence-electron chi connectivity index (χ0n) is 10.8. The van der Waals surface area contributed by atoms with Gasteiger partial charge in [0.25, 0.3) is 0 Å². The lowest BCUT2D eigenvalue weighted by Crippen LogP contribution is -2.46. The second kappa shape index (κ2) is 5.80. The van der Waals surface area contributed by atoms with Crippen molar-refractivity contribution >= 4 is 5.91 Å². The highest BCUT2D eigenvalue weighted by molar-refractivity contribution is 5.78. The zero-order valence-corrected chi connectivity index (χ0v) is 10.8. The van der Waals surface area contributed by atoms with Gasteiger partial charge in [-0.15, -0.1) is 0 Å². The Morgan fingerprint density at radius 1 is 1.41 bits per heavy atom. The van der Waals surface area contributed by atoms with E-state index in [9.17, 15) is 4.79 Å². The number of nitrogens with zero attached hydrogens (tertiary/aromatic N) is 2. The maximum absolute atomic E-state index is 11.9. The number of rotatable bonds is 5. The Kier molecular flexibility index (Phi) is 4.36. The van der Waals surface area contributed by atoms with E-state index in [1.165, 1.54) is 12.8 Å². The van der Waals surface area contributed by atoms with Gasteiger partial charge in [-0.25, -0.2) is 0 Å². The summed E-state index contributed by atoms with van der Waals surface area (Å²) in [5.74, 6) is 0.221. The first-order valence-corrected chi connectivity index (χ1v) is 6.43. The summed E-state index contributed by atoms with van der Waals surface area (Å²) in [6, 6.07) is 0.503. The van der Waals surface area contributed by atoms with Crippen LogP contribution in [0.15, 0.2) is 0 Å². The molecule has 0 aromatic rings. The van der Waals surface area contributed by atoms with Gasteiger partial charge >= 0.3 is 0 Å². The molecular formula is C12H23N3O2. The molecular weight excluding hydrogens is 218 g/mol. The van der Waals surface area contributed by atoms with Crippen LogP contribution in [0.25, 0.3) is 0 Å². The molecule has 1 N–H and O–H groups in total. The molecule has 0 aromatic carbocycles. The van der Waals surface area contributed by atoms with E-state index in [4.69, 9.17) is 4.74 Å². The Balaban J connectivity index is 1.68. The predicted octanol–water partition coefficient (Wildman–Crippen LogP) is -0.473. The van der Waals surface area contributed by atoms with Crippen molar-refractivity contribution in [1.82, 2.24) is 15.1 Å². The van der Waals surface area contributed by atoms with Crippen LogP contribution in [0.2, 0.25) is 0 Å². The monoisotopic (exact) mass is 241 g/mol. The summed E-state index contributed by atoms with van der Waals surface area (Å²) >= 11 is 0. The van der Waals surface area contributed by atoms with Gasteiger partial charge in [-0.3, -0.25) is 9.69 Å². The molecule has 5 nitrogen and oxygen atoms in total. The van der Waals surface area contributed by atoms with Crippen molar-refractivity contribution in [3.8, 4) is 0 Å². The van der Waals surface area contributed by atoms with Crippen molar-refractivity contribution < 1.29 is 9.53 Å². The molecule has 2 aliphatic rings. The van der Waals surface area contributed by atoms with Crippen molar-refractivity contribution in [2.75, 3.05) is 46.9 Å². The maximum atomic E-state index is 11.9. The highest BCUT2D eigenvalue weighted by Crippen LogP contribution is 2.25. The van der Waals surface area contributed by atoms with E-state index >= 15 is 0 Å². The molecule has 2 rings (SSSR count). The zero-order chi connectivity index (χ0) is 12.3. The van der Waals surface area contributed by atoms with Crippen LogP contribution in [-0.2, 0) is 9.53 Å². The maximum Gasteiger partial charge on any atom is 0.236 e. The molecule has 0 radical (unpaired) electrons. The smallest absolute Gasteiger partial charge is 0.236 e. The van der Waals surface area contributed by atoms with Crippen molar-refractivity contribution in [2.45, 2.75) is 25.0 Å². The summed E-state index contributed by atoms with van der Waals surface area (Å²) in [5, 5.41) is 3.30.